The topological polar surface area (TPSA) is 78.9 Å². The van der Waals surface area contributed by atoms with Gasteiger partial charge in [-0.3, -0.25) is 14.4 Å². The van der Waals surface area contributed by atoms with Crippen LogP contribution in [-0.4, -0.2) is 37.2 Å². The summed E-state index contributed by atoms with van der Waals surface area (Å²) >= 11 is 0. The van der Waals surface area contributed by atoms with Crippen LogP contribution in [0, 0.1) is 11.8 Å². The highest BCUT2D eigenvalue weighted by atomic mass is 16.6. The van der Waals surface area contributed by atoms with Gasteiger partial charge in [0.1, 0.15) is 13.2 Å². The van der Waals surface area contributed by atoms with Gasteiger partial charge in [0.05, 0.1) is 0 Å². The highest BCUT2D eigenvalue weighted by molar-refractivity contribution is 5.71. The van der Waals surface area contributed by atoms with Gasteiger partial charge < -0.3 is 14.2 Å². The molecule has 0 aromatic rings. The van der Waals surface area contributed by atoms with E-state index in [9.17, 15) is 14.4 Å². The van der Waals surface area contributed by atoms with Crippen LogP contribution < -0.4 is 0 Å². The lowest BCUT2D eigenvalue weighted by atomic mass is 9.99. The van der Waals surface area contributed by atoms with Crippen molar-refractivity contribution in [2.45, 2.75) is 272 Å². The molecule has 6 nitrogen and oxygen atoms in total. The number of ether oxygens (including phenoxy) is 3. The molecule has 55 heavy (non-hydrogen) atoms. The molecule has 0 rings (SSSR count). The van der Waals surface area contributed by atoms with Crippen LogP contribution in [0.5, 0.6) is 0 Å². The van der Waals surface area contributed by atoms with E-state index in [4.69, 9.17) is 14.2 Å². The maximum absolute atomic E-state index is 12.7. The van der Waals surface area contributed by atoms with Gasteiger partial charge in [-0.2, -0.15) is 0 Å². The number of hydrogen-bond donors (Lipinski definition) is 0. The predicted octanol–water partition coefficient (Wildman–Crippen LogP) is 15.4. The lowest BCUT2D eigenvalue weighted by Gasteiger charge is -2.18. The summed E-state index contributed by atoms with van der Waals surface area (Å²) in [4.78, 5) is 37.7. The molecular weight excluding hydrogens is 685 g/mol. The monoisotopic (exact) mass is 779 g/mol. The summed E-state index contributed by atoms with van der Waals surface area (Å²) in [5.41, 5.74) is 0. The van der Waals surface area contributed by atoms with Crippen molar-refractivity contribution >= 4 is 17.9 Å². The molecule has 2 atom stereocenters. The van der Waals surface area contributed by atoms with E-state index in [0.29, 0.717) is 19.3 Å². The Hall–Kier alpha value is -1.59. The van der Waals surface area contributed by atoms with Crippen LogP contribution in [0.1, 0.15) is 266 Å². The summed E-state index contributed by atoms with van der Waals surface area (Å²) in [5.74, 6) is 0.841. The number of hydrogen-bond acceptors (Lipinski definition) is 6. The molecule has 0 saturated heterocycles. The van der Waals surface area contributed by atoms with E-state index < -0.39 is 6.10 Å². The molecule has 0 heterocycles. The maximum atomic E-state index is 12.7. The minimum atomic E-state index is -0.760. The molecule has 0 N–H and O–H groups in total. The smallest absolute Gasteiger partial charge is 0.306 e. The molecule has 0 aromatic heterocycles. The Morgan fingerprint density at radius 3 is 1.04 bits per heavy atom. The number of carbonyl (C=O) groups is 3. The van der Waals surface area contributed by atoms with E-state index in [1.807, 2.05) is 0 Å². The van der Waals surface area contributed by atoms with Crippen LogP contribution in [0.3, 0.4) is 0 Å². The second kappa shape index (κ2) is 42.0. The van der Waals surface area contributed by atoms with Crippen molar-refractivity contribution in [2.75, 3.05) is 13.2 Å². The van der Waals surface area contributed by atoms with Crippen LogP contribution in [-0.2, 0) is 28.6 Å². The predicted molar refractivity (Wildman–Crippen MR) is 233 cm³/mol. The van der Waals surface area contributed by atoms with Gasteiger partial charge in [0.2, 0.25) is 0 Å². The minimum Gasteiger partial charge on any atom is -0.462 e. The lowest BCUT2D eigenvalue weighted by Crippen LogP contribution is -2.30. The zero-order valence-corrected chi connectivity index (χ0v) is 37.6. The van der Waals surface area contributed by atoms with Crippen molar-refractivity contribution in [3.05, 3.63) is 0 Å². The van der Waals surface area contributed by atoms with Crippen LogP contribution in [0.2, 0.25) is 0 Å². The zero-order chi connectivity index (χ0) is 40.5. The number of rotatable bonds is 43. The number of esters is 3. The summed E-state index contributed by atoms with van der Waals surface area (Å²) in [6.07, 6.45) is 41.0. The number of unbranched alkanes of at least 4 members (excludes halogenated alkanes) is 27. The Labute approximate surface area is 342 Å². The molecule has 0 aliphatic heterocycles. The fourth-order valence-electron chi connectivity index (χ4n) is 7.25. The molecule has 0 aliphatic rings. The van der Waals surface area contributed by atoms with Crippen LogP contribution in [0.4, 0.5) is 0 Å². The Bertz CT molecular complexity index is 841. The van der Waals surface area contributed by atoms with E-state index >= 15 is 0 Å². The molecule has 0 radical (unpaired) electrons. The summed E-state index contributed by atoms with van der Waals surface area (Å²) in [6.45, 7) is 11.3. The highest BCUT2D eigenvalue weighted by Crippen LogP contribution is 2.17. The SMILES string of the molecule is CCCCCCCCCC(=O)OC[C@H](COC(=O)CCCCCCCCCCCCCCCCC(C)CC)OC(=O)CCCCCCCCCCCC(C)C. The van der Waals surface area contributed by atoms with E-state index in [1.165, 1.54) is 154 Å². The third kappa shape index (κ3) is 41.9. The first-order chi connectivity index (χ1) is 26.8. The van der Waals surface area contributed by atoms with Crippen molar-refractivity contribution in [1.82, 2.24) is 0 Å². The van der Waals surface area contributed by atoms with Crippen LogP contribution >= 0.6 is 0 Å². The fourth-order valence-corrected chi connectivity index (χ4v) is 7.25. The Balaban J connectivity index is 4.20. The highest BCUT2D eigenvalue weighted by Gasteiger charge is 2.19. The maximum Gasteiger partial charge on any atom is 0.306 e. The number of carbonyl (C=O) groups excluding carboxylic acids is 3. The Morgan fingerprint density at radius 1 is 0.382 bits per heavy atom. The van der Waals surface area contributed by atoms with Crippen molar-refractivity contribution in [2.24, 2.45) is 11.8 Å². The molecule has 0 fully saturated rings. The van der Waals surface area contributed by atoms with Gasteiger partial charge in [0, 0.05) is 19.3 Å². The Kier molecular flexibility index (Phi) is 40.8. The first kappa shape index (κ1) is 53.4. The summed E-state index contributed by atoms with van der Waals surface area (Å²) in [6, 6.07) is 0. The fraction of sp³-hybridized carbons (Fsp3) is 0.939. The molecular formula is C49H94O6. The molecule has 6 heteroatoms. The van der Waals surface area contributed by atoms with Gasteiger partial charge in [-0.1, -0.05) is 227 Å². The van der Waals surface area contributed by atoms with E-state index in [-0.39, 0.29) is 31.1 Å². The zero-order valence-electron chi connectivity index (χ0n) is 37.6. The van der Waals surface area contributed by atoms with Gasteiger partial charge in [0.15, 0.2) is 6.10 Å². The average Bonchev–Trinajstić information content (AvgIpc) is 3.17. The molecule has 0 aromatic carbocycles. The van der Waals surface area contributed by atoms with Gasteiger partial charge in [-0.15, -0.1) is 0 Å². The van der Waals surface area contributed by atoms with Crippen LogP contribution in [0.25, 0.3) is 0 Å². The van der Waals surface area contributed by atoms with Crippen LogP contribution in [0.15, 0.2) is 0 Å². The van der Waals surface area contributed by atoms with E-state index in [1.54, 1.807) is 0 Å². The molecule has 0 bridgehead atoms. The minimum absolute atomic E-state index is 0.0648. The largest absolute Gasteiger partial charge is 0.462 e. The third-order valence-corrected chi connectivity index (χ3v) is 11.3. The van der Waals surface area contributed by atoms with Gasteiger partial charge in [-0.25, -0.2) is 0 Å². The molecule has 1 unspecified atom stereocenters. The van der Waals surface area contributed by atoms with Crippen molar-refractivity contribution in [3.8, 4) is 0 Å². The van der Waals surface area contributed by atoms with E-state index in [0.717, 1.165) is 69.6 Å². The van der Waals surface area contributed by atoms with Gasteiger partial charge in [-0.05, 0) is 31.1 Å². The van der Waals surface area contributed by atoms with Gasteiger partial charge >= 0.3 is 17.9 Å². The van der Waals surface area contributed by atoms with Gasteiger partial charge in [0.25, 0.3) is 0 Å². The normalized spacial score (nSPS) is 12.5. The summed E-state index contributed by atoms with van der Waals surface area (Å²) in [5, 5.41) is 0. The lowest BCUT2D eigenvalue weighted by molar-refractivity contribution is -0.167. The molecule has 0 saturated carbocycles. The first-order valence-corrected chi connectivity index (χ1v) is 24.3. The second-order valence-electron chi connectivity index (χ2n) is 17.5. The van der Waals surface area contributed by atoms with Crippen molar-refractivity contribution in [3.63, 3.8) is 0 Å². The average molecular weight is 779 g/mol. The molecule has 0 spiro atoms. The van der Waals surface area contributed by atoms with Crippen molar-refractivity contribution in [1.29, 1.82) is 0 Å². The van der Waals surface area contributed by atoms with E-state index in [2.05, 4.69) is 34.6 Å². The standard InChI is InChI=1S/C49H94O6/c1-6-8-9-10-22-29-34-39-47(50)53-42-46(55-49(52)41-36-31-26-21-17-18-23-27-32-37-44(3)4)43-54-48(51)40-35-30-25-20-16-14-12-11-13-15-19-24-28-33-38-45(5)7-2/h44-46H,6-43H2,1-5H3/t45?,46-/m1/s1. The molecule has 326 valence electrons. The first-order valence-electron chi connectivity index (χ1n) is 24.3. The molecule has 0 amide bonds. The molecule has 0 aliphatic carbocycles. The summed E-state index contributed by atoms with van der Waals surface area (Å²) < 4.78 is 16.7. The summed E-state index contributed by atoms with van der Waals surface area (Å²) in [7, 11) is 0. The third-order valence-electron chi connectivity index (χ3n) is 11.3. The quantitative estimate of drug-likeness (QED) is 0.0348. The second-order valence-corrected chi connectivity index (χ2v) is 17.5. The Morgan fingerprint density at radius 2 is 0.691 bits per heavy atom. The van der Waals surface area contributed by atoms with Crippen molar-refractivity contribution < 1.29 is 28.6 Å².